The third-order valence-corrected chi connectivity index (χ3v) is 9.95. The number of thioether (sulfide) groups is 1. The molecule has 2 aliphatic rings. The maximum Gasteiger partial charge on any atom is 0.308 e. The number of anilines is 2. The van der Waals surface area contributed by atoms with Crippen LogP contribution >= 0.6 is 39.0 Å². The number of nitrogens with one attached hydrogen (secondary N) is 1. The number of nitrogens with zero attached hydrogens (tertiary/aromatic N) is 2. The Kier molecular flexibility index (Phi) is 6.85. The second kappa shape index (κ2) is 10.3. The van der Waals surface area contributed by atoms with E-state index in [2.05, 4.69) is 21.2 Å². The molecular formula is C28H19BrFN3O5S2. The molecule has 40 heavy (non-hydrogen) atoms. The Balaban J connectivity index is 1.40. The van der Waals surface area contributed by atoms with E-state index in [0.29, 0.717) is 26.8 Å². The predicted octanol–water partition coefficient (Wildman–Crippen LogP) is 4.95. The van der Waals surface area contributed by atoms with Crippen LogP contribution in [0.25, 0.3) is 0 Å². The number of aromatic hydroxyl groups is 1. The molecule has 0 aliphatic carbocycles. The van der Waals surface area contributed by atoms with Crippen LogP contribution < -0.4 is 15.1 Å². The number of imide groups is 1. The van der Waals surface area contributed by atoms with Crippen molar-refractivity contribution in [1.29, 1.82) is 0 Å². The third-order valence-electron chi connectivity index (χ3n) is 6.82. The van der Waals surface area contributed by atoms with Crippen LogP contribution in [0.4, 0.5) is 15.8 Å². The average Bonchev–Trinajstić information content (AvgIpc) is 3.37. The van der Waals surface area contributed by atoms with Crippen molar-refractivity contribution < 1.29 is 23.9 Å². The second-order valence-corrected chi connectivity index (χ2v) is 12.3. The highest BCUT2D eigenvalue weighted by Crippen LogP contribution is 2.53. The Bertz CT molecular complexity index is 1700. The van der Waals surface area contributed by atoms with Crippen molar-refractivity contribution in [2.24, 2.45) is 5.92 Å². The molecule has 2 aliphatic heterocycles. The fourth-order valence-electron chi connectivity index (χ4n) is 5.02. The minimum absolute atomic E-state index is 0.0480. The lowest BCUT2D eigenvalue weighted by atomic mass is 9.83. The number of halogens is 2. The van der Waals surface area contributed by atoms with E-state index in [9.17, 15) is 28.7 Å². The summed E-state index contributed by atoms with van der Waals surface area (Å²) in [6.45, 7) is -0.315. The summed E-state index contributed by atoms with van der Waals surface area (Å²) in [7, 11) is 0. The number of hydrogen-bond donors (Lipinski definition) is 2. The Labute approximate surface area is 243 Å². The quantitative estimate of drug-likeness (QED) is 0.236. The Hall–Kier alpha value is -3.74. The highest BCUT2D eigenvalue weighted by atomic mass is 79.9. The van der Waals surface area contributed by atoms with Crippen molar-refractivity contribution in [3.05, 3.63) is 103 Å². The summed E-state index contributed by atoms with van der Waals surface area (Å²) >= 11 is 5.39. The highest BCUT2D eigenvalue weighted by molar-refractivity contribution is 9.10. The van der Waals surface area contributed by atoms with E-state index < -0.39 is 45.5 Å². The number of fused-ring (bicyclic) bond motifs is 2. The van der Waals surface area contributed by atoms with E-state index in [1.54, 1.807) is 36.4 Å². The summed E-state index contributed by atoms with van der Waals surface area (Å²) in [5, 5.41) is 11.8. The summed E-state index contributed by atoms with van der Waals surface area (Å²) in [4.78, 5) is 54.9. The lowest BCUT2D eigenvalue weighted by Gasteiger charge is -2.30. The molecule has 2 N–H and O–H groups in total. The van der Waals surface area contributed by atoms with E-state index in [1.165, 1.54) is 45.9 Å². The highest BCUT2D eigenvalue weighted by Gasteiger charge is 2.56. The summed E-state index contributed by atoms with van der Waals surface area (Å²) < 4.78 is 15.9. The van der Waals surface area contributed by atoms with Gasteiger partial charge in [0.1, 0.15) is 23.4 Å². The lowest BCUT2D eigenvalue weighted by Crippen LogP contribution is -2.33. The van der Waals surface area contributed by atoms with E-state index >= 15 is 0 Å². The smallest absolute Gasteiger partial charge is 0.308 e. The van der Waals surface area contributed by atoms with Gasteiger partial charge in [0.15, 0.2) is 0 Å². The molecule has 0 unspecified atom stereocenters. The van der Waals surface area contributed by atoms with Crippen LogP contribution in [0.2, 0.25) is 0 Å². The molecule has 3 atom stereocenters. The number of hydrogen-bond acceptors (Lipinski definition) is 7. The van der Waals surface area contributed by atoms with Gasteiger partial charge in [0, 0.05) is 21.0 Å². The van der Waals surface area contributed by atoms with Crippen molar-refractivity contribution in [2.45, 2.75) is 22.7 Å². The number of benzene rings is 3. The Morgan fingerprint density at radius 1 is 0.950 bits per heavy atom. The van der Waals surface area contributed by atoms with Gasteiger partial charge in [-0.1, -0.05) is 51.2 Å². The molecule has 4 aromatic rings. The van der Waals surface area contributed by atoms with Crippen LogP contribution in [-0.2, 0) is 20.9 Å². The summed E-state index contributed by atoms with van der Waals surface area (Å²) in [5.41, 5.74) is 1.47. The van der Waals surface area contributed by atoms with Gasteiger partial charge < -0.3 is 10.4 Å². The van der Waals surface area contributed by atoms with Gasteiger partial charge in [0.05, 0.1) is 16.6 Å². The normalized spacial score (nSPS) is 19.9. The van der Waals surface area contributed by atoms with Crippen molar-refractivity contribution in [3.8, 4) is 5.75 Å². The number of phenolic OH excluding ortho intramolecular Hbond substituents is 1. The number of carbonyl (C=O) groups is 3. The Morgan fingerprint density at radius 3 is 2.30 bits per heavy atom. The van der Waals surface area contributed by atoms with Gasteiger partial charge in [0.25, 0.3) is 0 Å². The molecule has 12 heteroatoms. The average molecular weight is 641 g/mol. The molecule has 0 spiro atoms. The van der Waals surface area contributed by atoms with E-state index in [4.69, 9.17) is 0 Å². The zero-order valence-corrected chi connectivity index (χ0v) is 23.6. The van der Waals surface area contributed by atoms with Crippen LogP contribution in [-0.4, -0.2) is 32.6 Å². The fourth-order valence-corrected chi connectivity index (χ4v) is 8.06. The third kappa shape index (κ3) is 4.65. The van der Waals surface area contributed by atoms with Crippen molar-refractivity contribution >= 4 is 68.1 Å². The van der Waals surface area contributed by atoms with Gasteiger partial charge >= 0.3 is 4.87 Å². The first-order valence-corrected chi connectivity index (χ1v) is 14.6. The van der Waals surface area contributed by atoms with Gasteiger partial charge in [-0.3, -0.25) is 23.7 Å². The number of rotatable bonds is 5. The molecule has 1 saturated heterocycles. The van der Waals surface area contributed by atoms with Crippen LogP contribution in [0.3, 0.4) is 0 Å². The zero-order valence-electron chi connectivity index (χ0n) is 20.4. The molecule has 3 amide bonds. The number of amides is 3. The largest absolute Gasteiger partial charge is 0.508 e. The fraction of sp³-hybridized carbons (Fsp3) is 0.143. The van der Waals surface area contributed by atoms with E-state index in [0.717, 1.165) is 27.6 Å². The molecule has 6 rings (SSSR count). The molecule has 1 fully saturated rings. The summed E-state index contributed by atoms with van der Waals surface area (Å²) in [6.07, 6.45) is 0. The molecule has 8 nitrogen and oxygen atoms in total. The van der Waals surface area contributed by atoms with Crippen molar-refractivity contribution in [1.82, 2.24) is 4.57 Å². The topological polar surface area (TPSA) is 109 Å². The maximum atomic E-state index is 13.8. The van der Waals surface area contributed by atoms with Crippen molar-refractivity contribution in [2.75, 3.05) is 10.2 Å². The van der Waals surface area contributed by atoms with Gasteiger partial charge in [0.2, 0.25) is 17.7 Å². The molecule has 3 heterocycles. The molecule has 0 radical (unpaired) electrons. The van der Waals surface area contributed by atoms with Crippen LogP contribution in [0, 0.1) is 11.7 Å². The van der Waals surface area contributed by atoms with Gasteiger partial charge in [-0.05, 0) is 66.2 Å². The monoisotopic (exact) mass is 639 g/mol. The van der Waals surface area contributed by atoms with Crippen LogP contribution in [0.5, 0.6) is 5.75 Å². The zero-order chi connectivity index (χ0) is 28.1. The van der Waals surface area contributed by atoms with E-state index in [-0.39, 0.29) is 12.3 Å². The van der Waals surface area contributed by atoms with E-state index in [1.807, 2.05) is 0 Å². The summed E-state index contributed by atoms with van der Waals surface area (Å²) in [5.74, 6) is -3.20. The number of carbonyl (C=O) groups excluding carboxylic acids is 3. The molecule has 0 saturated carbocycles. The standard InChI is InChI=1S/C28H19BrFN3O5S2/c29-15-3-9-18(10-4-15)33-25(36)22-21(14-1-5-16(30)6-2-14)24-27(39-23(22)26(33)37)32(28(38)40-24)13-20(35)31-17-7-11-19(34)12-8-17/h1-12,21-23,34H,13H2,(H,31,35)/t21-,22-,23+/m0/s1. The molecule has 3 aromatic carbocycles. The van der Waals surface area contributed by atoms with Crippen LogP contribution in [0.1, 0.15) is 16.4 Å². The molecule has 0 bridgehead atoms. The minimum Gasteiger partial charge on any atom is -0.508 e. The first-order chi connectivity index (χ1) is 19.2. The van der Waals surface area contributed by atoms with Gasteiger partial charge in [-0.2, -0.15) is 0 Å². The first kappa shape index (κ1) is 26.5. The molecule has 202 valence electrons. The Morgan fingerprint density at radius 2 is 1.62 bits per heavy atom. The molecule has 1 aromatic heterocycles. The number of aromatic nitrogens is 1. The minimum atomic E-state index is -0.848. The SMILES string of the molecule is O=C(Cn1c2c(sc1=O)[C@@H](c1ccc(F)cc1)[C@@H]1C(=O)N(c3ccc(Br)cc3)C(=O)[C@@H]1S2)Nc1ccc(O)cc1. The van der Waals surface area contributed by atoms with Gasteiger partial charge in [-0.15, -0.1) is 0 Å². The van der Waals surface area contributed by atoms with Crippen molar-refractivity contribution in [3.63, 3.8) is 0 Å². The maximum absolute atomic E-state index is 13.8. The predicted molar refractivity (Wildman–Crippen MR) is 153 cm³/mol. The lowest BCUT2D eigenvalue weighted by molar-refractivity contribution is -0.122. The van der Waals surface area contributed by atoms with Gasteiger partial charge in [-0.25, -0.2) is 9.29 Å². The summed E-state index contributed by atoms with van der Waals surface area (Å²) in [6, 6.07) is 18.4. The van der Waals surface area contributed by atoms with Crippen LogP contribution in [0.15, 0.2) is 87.1 Å². The molecular weight excluding hydrogens is 621 g/mol. The first-order valence-electron chi connectivity index (χ1n) is 12.1. The number of thiazole rings is 1. The number of phenols is 1. The second-order valence-electron chi connectivity index (χ2n) is 9.30.